The fourth-order valence-electron chi connectivity index (χ4n) is 2.28. The summed E-state index contributed by atoms with van der Waals surface area (Å²) in [5, 5.41) is 10.7. The number of nitrogens with zero attached hydrogens (tertiary/aromatic N) is 4. The fraction of sp³-hybridized carbons (Fsp3) is 0.471. The predicted octanol–water partition coefficient (Wildman–Crippen LogP) is 0.593. The molecule has 0 saturated heterocycles. The van der Waals surface area contributed by atoms with Crippen molar-refractivity contribution in [3.8, 4) is 0 Å². The molecule has 2 aromatic rings. The van der Waals surface area contributed by atoms with Crippen molar-refractivity contribution in [1.82, 2.24) is 25.2 Å². The Labute approximate surface area is 151 Å². The monoisotopic (exact) mass is 361 g/mol. The first-order chi connectivity index (χ1) is 12.5. The molecule has 0 radical (unpaired) electrons. The Bertz CT molecular complexity index is 802. The molecule has 1 heterocycles. The van der Waals surface area contributed by atoms with Gasteiger partial charge < -0.3 is 15.0 Å². The van der Waals surface area contributed by atoms with Gasteiger partial charge in [-0.3, -0.25) is 9.59 Å². The Morgan fingerprint density at radius 1 is 1.27 bits per heavy atom. The molecule has 0 atom stereocenters. The van der Waals surface area contributed by atoms with Crippen LogP contribution in [0.2, 0.25) is 0 Å². The zero-order chi connectivity index (χ0) is 19.1. The molecule has 2 amide bonds. The van der Waals surface area contributed by atoms with Gasteiger partial charge in [0.2, 0.25) is 5.91 Å². The summed E-state index contributed by atoms with van der Waals surface area (Å²) in [4.78, 5) is 36.9. The quantitative estimate of drug-likeness (QED) is 0.690. The maximum absolute atomic E-state index is 12.1. The van der Waals surface area contributed by atoms with Gasteiger partial charge in [0.05, 0.1) is 17.6 Å². The number of esters is 1. The van der Waals surface area contributed by atoms with Crippen molar-refractivity contribution in [3.05, 3.63) is 23.8 Å². The number of benzene rings is 1. The highest BCUT2D eigenvalue weighted by Gasteiger charge is 2.16. The van der Waals surface area contributed by atoms with E-state index in [4.69, 9.17) is 4.74 Å². The minimum absolute atomic E-state index is 0.0809. The lowest BCUT2D eigenvalue weighted by atomic mass is 10.2. The van der Waals surface area contributed by atoms with Gasteiger partial charge in [-0.05, 0) is 31.5 Å². The van der Waals surface area contributed by atoms with Crippen LogP contribution in [0, 0.1) is 0 Å². The molecule has 9 heteroatoms. The summed E-state index contributed by atoms with van der Waals surface area (Å²) < 4.78 is 6.75. The Kier molecular flexibility index (Phi) is 6.65. The number of carbonyl (C=O) groups excluding carboxylic acids is 3. The Morgan fingerprint density at radius 2 is 2.04 bits per heavy atom. The number of amides is 2. The van der Waals surface area contributed by atoms with E-state index in [-0.39, 0.29) is 18.0 Å². The highest BCUT2D eigenvalue weighted by molar-refractivity contribution is 5.95. The second-order valence-corrected chi connectivity index (χ2v) is 5.78. The number of hydrogen-bond acceptors (Lipinski definition) is 6. The van der Waals surface area contributed by atoms with Crippen molar-refractivity contribution in [2.24, 2.45) is 0 Å². The van der Waals surface area contributed by atoms with Crippen LogP contribution >= 0.6 is 0 Å². The molecule has 0 spiro atoms. The summed E-state index contributed by atoms with van der Waals surface area (Å²) in [6, 6.07) is 4.91. The van der Waals surface area contributed by atoms with Gasteiger partial charge in [-0.2, -0.15) is 0 Å². The van der Waals surface area contributed by atoms with Gasteiger partial charge in [0, 0.05) is 20.1 Å². The van der Waals surface area contributed by atoms with Crippen LogP contribution in [0.3, 0.4) is 0 Å². The number of ether oxygens (including phenoxy) is 1. The van der Waals surface area contributed by atoms with Crippen molar-refractivity contribution >= 4 is 28.8 Å². The number of aromatic nitrogens is 3. The highest BCUT2D eigenvalue weighted by Crippen LogP contribution is 2.14. The largest absolute Gasteiger partial charge is 0.452 e. The van der Waals surface area contributed by atoms with E-state index in [1.165, 1.54) is 11.9 Å². The number of rotatable bonds is 8. The van der Waals surface area contributed by atoms with Crippen LogP contribution in [0.25, 0.3) is 11.0 Å². The zero-order valence-electron chi connectivity index (χ0n) is 15.2. The molecule has 1 aromatic carbocycles. The molecular weight excluding hydrogens is 338 g/mol. The lowest BCUT2D eigenvalue weighted by Gasteiger charge is -2.16. The van der Waals surface area contributed by atoms with Crippen molar-refractivity contribution in [2.75, 3.05) is 26.7 Å². The third-order valence-electron chi connectivity index (χ3n) is 3.75. The first-order valence-electron chi connectivity index (χ1n) is 8.47. The summed E-state index contributed by atoms with van der Waals surface area (Å²) in [5.41, 5.74) is 1.69. The molecule has 0 aliphatic rings. The highest BCUT2D eigenvalue weighted by atomic mass is 16.5. The summed E-state index contributed by atoms with van der Waals surface area (Å²) in [6.07, 6.45) is 0.817. The minimum atomic E-state index is -0.630. The van der Waals surface area contributed by atoms with E-state index in [2.05, 4.69) is 15.6 Å². The summed E-state index contributed by atoms with van der Waals surface area (Å²) >= 11 is 0. The summed E-state index contributed by atoms with van der Waals surface area (Å²) in [5.74, 6) is -1.34. The maximum Gasteiger partial charge on any atom is 0.338 e. The zero-order valence-corrected chi connectivity index (χ0v) is 15.2. The number of carbonyl (C=O) groups is 3. The van der Waals surface area contributed by atoms with Gasteiger partial charge in [0.1, 0.15) is 5.52 Å². The average Bonchev–Trinajstić information content (AvgIpc) is 3.06. The van der Waals surface area contributed by atoms with E-state index < -0.39 is 18.5 Å². The van der Waals surface area contributed by atoms with E-state index in [1.54, 1.807) is 22.9 Å². The smallest absolute Gasteiger partial charge is 0.338 e. The van der Waals surface area contributed by atoms with Crippen LogP contribution < -0.4 is 5.32 Å². The van der Waals surface area contributed by atoms with Crippen molar-refractivity contribution in [3.63, 3.8) is 0 Å². The lowest BCUT2D eigenvalue weighted by Crippen LogP contribution is -2.40. The number of likely N-dealkylation sites (N-methyl/N-ethyl adjacent to an activating group) is 1. The maximum atomic E-state index is 12.1. The number of aryl methyl sites for hydroxylation is 1. The Hall–Kier alpha value is -2.97. The molecular formula is C17H23N5O4. The number of nitrogens with one attached hydrogen (secondary N) is 1. The van der Waals surface area contributed by atoms with Gasteiger partial charge >= 0.3 is 5.97 Å². The van der Waals surface area contributed by atoms with Gasteiger partial charge in [0.15, 0.2) is 6.61 Å². The molecule has 0 aliphatic heterocycles. The van der Waals surface area contributed by atoms with E-state index in [9.17, 15) is 14.4 Å². The van der Waals surface area contributed by atoms with Crippen LogP contribution in [0.15, 0.2) is 18.2 Å². The van der Waals surface area contributed by atoms with E-state index in [1.807, 2.05) is 13.8 Å². The first kappa shape index (κ1) is 19.4. The standard InChI is InChI=1S/C17H23N5O4/c1-4-8-18-15(23)10-21(3)16(24)11-26-17(25)12-6-7-14-13(9-12)19-20-22(14)5-2/h6-7,9H,4-5,8,10-11H2,1-3H3,(H,18,23). The van der Waals surface area contributed by atoms with Crippen molar-refractivity contribution < 1.29 is 19.1 Å². The van der Waals surface area contributed by atoms with Gasteiger partial charge in [-0.1, -0.05) is 12.1 Å². The van der Waals surface area contributed by atoms with Gasteiger partial charge in [-0.25, -0.2) is 9.48 Å². The molecule has 140 valence electrons. The molecule has 0 bridgehead atoms. The lowest BCUT2D eigenvalue weighted by molar-refractivity contribution is -0.137. The van der Waals surface area contributed by atoms with Crippen LogP contribution in [-0.4, -0.2) is 64.4 Å². The average molecular weight is 361 g/mol. The molecule has 0 fully saturated rings. The third kappa shape index (κ3) is 4.78. The molecule has 9 nitrogen and oxygen atoms in total. The summed E-state index contributed by atoms with van der Waals surface area (Å²) in [6.45, 7) is 4.60. The molecule has 1 aromatic heterocycles. The van der Waals surface area contributed by atoms with E-state index in [0.717, 1.165) is 11.9 Å². The first-order valence-corrected chi connectivity index (χ1v) is 8.47. The Balaban J connectivity index is 1.89. The second kappa shape index (κ2) is 8.93. The molecule has 0 aliphatic carbocycles. The van der Waals surface area contributed by atoms with Crippen molar-refractivity contribution in [2.45, 2.75) is 26.8 Å². The topological polar surface area (TPSA) is 106 Å². The fourth-order valence-corrected chi connectivity index (χ4v) is 2.28. The van der Waals surface area contributed by atoms with Crippen LogP contribution in [0.1, 0.15) is 30.6 Å². The van der Waals surface area contributed by atoms with Gasteiger partial charge in [0.25, 0.3) is 5.91 Å². The minimum Gasteiger partial charge on any atom is -0.452 e. The Morgan fingerprint density at radius 3 is 2.73 bits per heavy atom. The summed E-state index contributed by atoms with van der Waals surface area (Å²) in [7, 11) is 1.48. The molecule has 2 rings (SSSR count). The molecule has 26 heavy (non-hydrogen) atoms. The number of fused-ring (bicyclic) bond motifs is 1. The molecule has 1 N–H and O–H groups in total. The third-order valence-corrected chi connectivity index (χ3v) is 3.75. The number of hydrogen-bond donors (Lipinski definition) is 1. The second-order valence-electron chi connectivity index (χ2n) is 5.78. The predicted molar refractivity (Wildman–Crippen MR) is 94.4 cm³/mol. The molecule has 0 saturated carbocycles. The van der Waals surface area contributed by atoms with Gasteiger partial charge in [-0.15, -0.1) is 5.10 Å². The van der Waals surface area contributed by atoms with Crippen molar-refractivity contribution in [1.29, 1.82) is 0 Å². The van der Waals surface area contributed by atoms with Crippen LogP contribution in [-0.2, 0) is 20.9 Å². The van der Waals surface area contributed by atoms with E-state index in [0.29, 0.717) is 18.6 Å². The SMILES string of the molecule is CCCNC(=O)CN(C)C(=O)COC(=O)c1ccc2c(c1)nnn2CC. The molecule has 0 unspecified atom stereocenters. The normalized spacial score (nSPS) is 10.6. The van der Waals surface area contributed by atoms with E-state index >= 15 is 0 Å². The van der Waals surface area contributed by atoms with Crippen LogP contribution in [0.5, 0.6) is 0 Å². The van der Waals surface area contributed by atoms with Crippen LogP contribution in [0.4, 0.5) is 0 Å².